The van der Waals surface area contributed by atoms with Gasteiger partial charge in [0.1, 0.15) is 17.2 Å². The zero-order valence-electron chi connectivity index (χ0n) is 15.4. The highest BCUT2D eigenvalue weighted by Crippen LogP contribution is 2.30. The summed E-state index contributed by atoms with van der Waals surface area (Å²) < 4.78 is 5.49. The average molecular weight is 434 g/mol. The Labute approximate surface area is 182 Å². The van der Waals surface area contributed by atoms with Crippen molar-refractivity contribution in [1.29, 1.82) is 5.26 Å². The number of hydrogen-bond donors (Lipinski definition) is 1. The summed E-state index contributed by atoms with van der Waals surface area (Å²) in [5.74, 6) is 0.0733. The van der Waals surface area contributed by atoms with Gasteiger partial charge in [0, 0.05) is 21.3 Å². The van der Waals surface area contributed by atoms with Crippen molar-refractivity contribution in [3.05, 3.63) is 87.9 Å². The molecule has 0 spiro atoms. The number of rotatable bonds is 4. The Morgan fingerprint density at radius 2 is 1.67 bits per heavy atom. The standard InChI is InChI=1S/C23H13Cl2N3O2/c24-17-4-2-15(3-5-17)22-20-12-14(1-10-21(20)28-30-22)11-16(13-26)23(29)27-19-8-6-18(25)7-9-19/h1-12H,(H,27,29)/b16-11+. The lowest BCUT2D eigenvalue weighted by Crippen LogP contribution is -2.13. The molecule has 0 fully saturated rings. The van der Waals surface area contributed by atoms with Gasteiger partial charge in [-0.1, -0.05) is 34.4 Å². The van der Waals surface area contributed by atoms with Crippen LogP contribution < -0.4 is 5.32 Å². The average Bonchev–Trinajstić information content (AvgIpc) is 3.17. The van der Waals surface area contributed by atoms with Gasteiger partial charge in [0.25, 0.3) is 5.91 Å². The lowest BCUT2D eigenvalue weighted by Gasteiger charge is -2.04. The molecule has 0 atom stereocenters. The highest BCUT2D eigenvalue weighted by atomic mass is 35.5. The second-order valence-electron chi connectivity index (χ2n) is 6.43. The molecule has 0 aliphatic rings. The van der Waals surface area contributed by atoms with E-state index in [1.807, 2.05) is 24.3 Å². The Morgan fingerprint density at radius 1 is 1.00 bits per heavy atom. The number of benzene rings is 3. The van der Waals surface area contributed by atoms with Crippen molar-refractivity contribution in [2.45, 2.75) is 0 Å². The Kier molecular flexibility index (Phi) is 5.53. The number of hydrogen-bond acceptors (Lipinski definition) is 4. The first-order valence-electron chi connectivity index (χ1n) is 8.87. The number of halogens is 2. The fourth-order valence-electron chi connectivity index (χ4n) is 2.91. The highest BCUT2D eigenvalue weighted by molar-refractivity contribution is 6.31. The van der Waals surface area contributed by atoms with E-state index in [-0.39, 0.29) is 5.57 Å². The maximum absolute atomic E-state index is 12.5. The predicted molar refractivity (Wildman–Crippen MR) is 118 cm³/mol. The van der Waals surface area contributed by atoms with Crippen LogP contribution in [0.15, 0.2) is 76.8 Å². The molecule has 30 heavy (non-hydrogen) atoms. The second kappa shape index (κ2) is 8.42. The fourth-order valence-corrected chi connectivity index (χ4v) is 3.16. The first-order chi connectivity index (χ1) is 14.5. The van der Waals surface area contributed by atoms with Crippen molar-refractivity contribution in [1.82, 2.24) is 5.16 Å². The van der Waals surface area contributed by atoms with Crippen molar-refractivity contribution in [2.75, 3.05) is 5.32 Å². The number of fused-ring (bicyclic) bond motifs is 1. The van der Waals surface area contributed by atoms with Crippen LogP contribution >= 0.6 is 23.2 Å². The van der Waals surface area contributed by atoms with E-state index >= 15 is 0 Å². The molecule has 0 aliphatic heterocycles. The molecule has 0 unspecified atom stereocenters. The molecule has 1 aromatic heterocycles. The monoisotopic (exact) mass is 433 g/mol. The Hall–Kier alpha value is -3.59. The smallest absolute Gasteiger partial charge is 0.266 e. The van der Waals surface area contributed by atoms with E-state index in [0.29, 0.717) is 32.6 Å². The van der Waals surface area contributed by atoms with Gasteiger partial charge in [-0.2, -0.15) is 5.26 Å². The van der Waals surface area contributed by atoms with Crippen LogP contribution in [0.1, 0.15) is 5.56 Å². The van der Waals surface area contributed by atoms with E-state index in [1.54, 1.807) is 48.5 Å². The topological polar surface area (TPSA) is 78.9 Å². The normalized spacial score (nSPS) is 11.3. The lowest BCUT2D eigenvalue weighted by molar-refractivity contribution is -0.112. The molecule has 0 saturated heterocycles. The fraction of sp³-hybridized carbons (Fsp3) is 0. The molecular formula is C23H13Cl2N3O2. The van der Waals surface area contributed by atoms with Crippen LogP contribution in [0.4, 0.5) is 5.69 Å². The molecule has 0 aliphatic carbocycles. The predicted octanol–water partition coefficient (Wildman–Crippen LogP) is 6.35. The number of nitrogens with one attached hydrogen (secondary N) is 1. The molecule has 1 heterocycles. The third-order valence-corrected chi connectivity index (χ3v) is 4.89. The molecule has 1 amide bonds. The number of carbonyl (C=O) groups is 1. The van der Waals surface area contributed by atoms with Crippen molar-refractivity contribution < 1.29 is 9.32 Å². The van der Waals surface area contributed by atoms with Crippen LogP contribution in [0.2, 0.25) is 10.0 Å². The maximum Gasteiger partial charge on any atom is 0.266 e. The van der Waals surface area contributed by atoms with Crippen LogP contribution in [0.25, 0.3) is 28.3 Å². The first kappa shape index (κ1) is 19.7. The van der Waals surface area contributed by atoms with E-state index in [0.717, 1.165) is 10.9 Å². The van der Waals surface area contributed by atoms with E-state index in [4.69, 9.17) is 27.7 Å². The van der Waals surface area contributed by atoms with Gasteiger partial charge in [-0.15, -0.1) is 0 Å². The van der Waals surface area contributed by atoms with Gasteiger partial charge in [0.05, 0.1) is 5.39 Å². The first-order valence-corrected chi connectivity index (χ1v) is 9.63. The Morgan fingerprint density at radius 3 is 2.33 bits per heavy atom. The summed E-state index contributed by atoms with van der Waals surface area (Å²) in [7, 11) is 0. The highest BCUT2D eigenvalue weighted by Gasteiger charge is 2.13. The van der Waals surface area contributed by atoms with Crippen LogP contribution in [-0.4, -0.2) is 11.1 Å². The quantitative estimate of drug-likeness (QED) is 0.300. The van der Waals surface area contributed by atoms with Crippen LogP contribution in [0.5, 0.6) is 0 Å². The van der Waals surface area contributed by atoms with E-state index < -0.39 is 5.91 Å². The molecule has 0 saturated carbocycles. The largest absolute Gasteiger partial charge is 0.355 e. The number of nitriles is 1. The minimum atomic E-state index is -0.511. The van der Waals surface area contributed by atoms with Gasteiger partial charge in [0.2, 0.25) is 0 Å². The second-order valence-corrected chi connectivity index (χ2v) is 7.30. The van der Waals surface area contributed by atoms with Crippen LogP contribution in [-0.2, 0) is 4.79 Å². The van der Waals surface area contributed by atoms with E-state index in [1.165, 1.54) is 6.08 Å². The Bertz CT molecular complexity index is 1300. The van der Waals surface area contributed by atoms with Gasteiger partial charge < -0.3 is 9.84 Å². The molecule has 146 valence electrons. The van der Waals surface area contributed by atoms with Crippen molar-refractivity contribution >= 4 is 51.8 Å². The molecule has 3 aromatic carbocycles. The number of anilines is 1. The van der Waals surface area contributed by atoms with Gasteiger partial charge in [-0.25, -0.2) is 0 Å². The summed E-state index contributed by atoms with van der Waals surface area (Å²) in [6.45, 7) is 0. The van der Waals surface area contributed by atoms with Crippen LogP contribution in [0.3, 0.4) is 0 Å². The molecular weight excluding hydrogens is 421 g/mol. The maximum atomic E-state index is 12.5. The summed E-state index contributed by atoms with van der Waals surface area (Å²) in [5, 5.41) is 18.2. The summed E-state index contributed by atoms with van der Waals surface area (Å²) in [6, 6.07) is 21.2. The Balaban J connectivity index is 1.65. The summed E-state index contributed by atoms with van der Waals surface area (Å²) in [6.07, 6.45) is 1.52. The molecule has 0 radical (unpaired) electrons. The number of nitrogens with zero attached hydrogens (tertiary/aromatic N) is 2. The summed E-state index contributed by atoms with van der Waals surface area (Å²) in [4.78, 5) is 12.5. The third-order valence-electron chi connectivity index (χ3n) is 4.39. The van der Waals surface area contributed by atoms with Crippen LogP contribution in [0, 0.1) is 11.3 Å². The van der Waals surface area contributed by atoms with Crippen molar-refractivity contribution in [2.24, 2.45) is 0 Å². The zero-order valence-corrected chi connectivity index (χ0v) is 16.9. The molecule has 7 heteroatoms. The number of amides is 1. The summed E-state index contributed by atoms with van der Waals surface area (Å²) in [5.41, 5.74) is 2.67. The SMILES string of the molecule is N#C/C(=C\c1ccc2noc(-c3ccc(Cl)cc3)c2c1)C(=O)Nc1ccc(Cl)cc1. The molecule has 4 rings (SSSR count). The number of carbonyl (C=O) groups excluding carboxylic acids is 1. The molecule has 4 aromatic rings. The van der Waals surface area contributed by atoms with Crippen molar-refractivity contribution in [3.8, 4) is 17.4 Å². The van der Waals surface area contributed by atoms with Gasteiger partial charge >= 0.3 is 0 Å². The number of aromatic nitrogens is 1. The molecule has 5 nitrogen and oxygen atoms in total. The van der Waals surface area contributed by atoms with E-state index in [2.05, 4.69) is 10.5 Å². The van der Waals surface area contributed by atoms with Gasteiger partial charge in [-0.3, -0.25) is 4.79 Å². The van der Waals surface area contributed by atoms with Crippen molar-refractivity contribution in [3.63, 3.8) is 0 Å². The molecule has 1 N–H and O–H groups in total. The minimum absolute atomic E-state index is 0.0335. The van der Waals surface area contributed by atoms with E-state index in [9.17, 15) is 10.1 Å². The molecule has 0 bridgehead atoms. The minimum Gasteiger partial charge on any atom is -0.355 e. The summed E-state index contributed by atoms with van der Waals surface area (Å²) >= 11 is 11.8. The lowest BCUT2D eigenvalue weighted by atomic mass is 10.0. The zero-order chi connectivity index (χ0) is 21.1. The van der Waals surface area contributed by atoms with Gasteiger partial charge in [0.15, 0.2) is 5.76 Å². The third kappa shape index (κ3) is 4.20. The van der Waals surface area contributed by atoms with Gasteiger partial charge in [-0.05, 0) is 72.3 Å².